The summed E-state index contributed by atoms with van der Waals surface area (Å²) in [5.74, 6) is 0. The Hall–Kier alpha value is -0.0900. The zero-order valence-corrected chi connectivity index (χ0v) is 12.5. The molecular formula is C13H18BrClN2. The highest BCUT2D eigenvalue weighted by Gasteiger charge is 2.35. The van der Waals surface area contributed by atoms with Crippen LogP contribution in [0.1, 0.15) is 31.9 Å². The molecule has 1 saturated heterocycles. The lowest BCUT2D eigenvalue weighted by atomic mass is 10.00. The fraction of sp³-hybridized carbons (Fsp3) is 0.538. The Morgan fingerprint density at radius 2 is 2.18 bits per heavy atom. The Morgan fingerprint density at radius 3 is 2.82 bits per heavy atom. The van der Waals surface area contributed by atoms with Gasteiger partial charge in [-0.3, -0.25) is 4.90 Å². The van der Waals surface area contributed by atoms with Crippen LogP contribution in [0.15, 0.2) is 22.7 Å². The molecule has 1 aliphatic heterocycles. The molecule has 0 radical (unpaired) electrons. The van der Waals surface area contributed by atoms with Gasteiger partial charge in [0.15, 0.2) is 0 Å². The molecule has 2 atom stereocenters. The third-order valence-electron chi connectivity index (χ3n) is 3.42. The second-order valence-electron chi connectivity index (χ2n) is 4.89. The van der Waals surface area contributed by atoms with E-state index < -0.39 is 0 Å². The minimum Gasteiger partial charge on any atom is -0.326 e. The van der Waals surface area contributed by atoms with E-state index in [1.807, 2.05) is 12.1 Å². The monoisotopic (exact) mass is 316 g/mol. The molecule has 1 aromatic carbocycles. The van der Waals surface area contributed by atoms with Gasteiger partial charge in [-0.1, -0.05) is 27.5 Å². The van der Waals surface area contributed by atoms with Crippen molar-refractivity contribution in [2.45, 2.75) is 38.4 Å². The summed E-state index contributed by atoms with van der Waals surface area (Å²) in [6.07, 6.45) is 1.03. The summed E-state index contributed by atoms with van der Waals surface area (Å²) in [7, 11) is 0. The Labute approximate surface area is 116 Å². The van der Waals surface area contributed by atoms with E-state index in [2.05, 4.69) is 40.7 Å². The first kappa shape index (κ1) is 13.3. The zero-order valence-electron chi connectivity index (χ0n) is 10.2. The van der Waals surface area contributed by atoms with Crippen LogP contribution in [0.25, 0.3) is 0 Å². The largest absolute Gasteiger partial charge is 0.326 e. The summed E-state index contributed by atoms with van der Waals surface area (Å²) in [4.78, 5) is 2.43. The van der Waals surface area contributed by atoms with Crippen LogP contribution in [0.5, 0.6) is 0 Å². The smallest absolute Gasteiger partial charge is 0.0517 e. The predicted octanol–water partition coefficient (Wildman–Crippen LogP) is 3.59. The van der Waals surface area contributed by atoms with Gasteiger partial charge in [-0.05, 0) is 44.0 Å². The van der Waals surface area contributed by atoms with Crippen molar-refractivity contribution < 1.29 is 0 Å². The van der Waals surface area contributed by atoms with Gasteiger partial charge in [0.05, 0.1) is 6.04 Å². The number of nitrogens with zero attached hydrogens (tertiary/aromatic N) is 1. The molecule has 1 aliphatic rings. The van der Waals surface area contributed by atoms with Crippen LogP contribution >= 0.6 is 27.5 Å². The number of rotatable bonds is 2. The van der Waals surface area contributed by atoms with E-state index in [1.165, 1.54) is 0 Å². The molecule has 94 valence electrons. The third kappa shape index (κ3) is 2.68. The molecule has 0 aromatic heterocycles. The fourth-order valence-electron chi connectivity index (χ4n) is 2.57. The minimum atomic E-state index is 0.171. The van der Waals surface area contributed by atoms with Gasteiger partial charge in [-0.15, -0.1) is 0 Å². The summed E-state index contributed by atoms with van der Waals surface area (Å²) in [6.45, 7) is 5.46. The number of halogens is 2. The quantitative estimate of drug-likeness (QED) is 0.903. The van der Waals surface area contributed by atoms with E-state index in [4.69, 9.17) is 17.3 Å². The van der Waals surface area contributed by atoms with E-state index in [-0.39, 0.29) is 12.1 Å². The Balaban J connectivity index is 2.39. The van der Waals surface area contributed by atoms with Gasteiger partial charge < -0.3 is 5.73 Å². The average molecular weight is 318 g/mol. The molecule has 2 nitrogen and oxygen atoms in total. The standard InChI is InChI=1S/C13H18BrClN2/c1-8(2)17-6-5-12(16)13(17)10-7-9(14)3-4-11(10)15/h3-4,7-8,12-13H,5-6,16H2,1-2H3. The van der Waals surface area contributed by atoms with Crippen molar-refractivity contribution in [1.82, 2.24) is 4.90 Å². The van der Waals surface area contributed by atoms with E-state index in [0.29, 0.717) is 6.04 Å². The molecular weight excluding hydrogens is 300 g/mol. The van der Waals surface area contributed by atoms with Gasteiger partial charge in [0.2, 0.25) is 0 Å². The molecule has 1 aromatic rings. The van der Waals surface area contributed by atoms with Crippen LogP contribution in [0, 0.1) is 0 Å². The molecule has 0 saturated carbocycles. The molecule has 1 fully saturated rings. The van der Waals surface area contributed by atoms with Crippen molar-refractivity contribution in [1.29, 1.82) is 0 Å². The van der Waals surface area contributed by atoms with E-state index in [9.17, 15) is 0 Å². The third-order valence-corrected chi connectivity index (χ3v) is 4.26. The van der Waals surface area contributed by atoms with E-state index in [0.717, 1.165) is 28.0 Å². The van der Waals surface area contributed by atoms with Crippen molar-refractivity contribution in [3.63, 3.8) is 0 Å². The van der Waals surface area contributed by atoms with Crippen LogP contribution in [-0.4, -0.2) is 23.5 Å². The summed E-state index contributed by atoms with van der Waals surface area (Å²) >= 11 is 9.81. The van der Waals surface area contributed by atoms with E-state index >= 15 is 0 Å². The number of hydrogen-bond acceptors (Lipinski definition) is 2. The zero-order chi connectivity index (χ0) is 12.6. The maximum Gasteiger partial charge on any atom is 0.0517 e. The van der Waals surface area contributed by atoms with Crippen molar-refractivity contribution >= 4 is 27.5 Å². The highest BCUT2D eigenvalue weighted by atomic mass is 79.9. The normalized spacial score (nSPS) is 25.8. The van der Waals surface area contributed by atoms with Gasteiger partial charge in [0.25, 0.3) is 0 Å². The van der Waals surface area contributed by atoms with Crippen molar-refractivity contribution in [2.75, 3.05) is 6.54 Å². The van der Waals surface area contributed by atoms with Gasteiger partial charge in [0.1, 0.15) is 0 Å². The maximum absolute atomic E-state index is 6.31. The predicted molar refractivity (Wildman–Crippen MR) is 76.3 cm³/mol. The molecule has 4 heteroatoms. The lowest BCUT2D eigenvalue weighted by Gasteiger charge is -2.31. The molecule has 2 rings (SSSR count). The average Bonchev–Trinajstić information content (AvgIpc) is 2.64. The molecule has 0 spiro atoms. The molecule has 2 unspecified atom stereocenters. The minimum absolute atomic E-state index is 0.171. The van der Waals surface area contributed by atoms with E-state index in [1.54, 1.807) is 0 Å². The lowest BCUT2D eigenvalue weighted by Crippen LogP contribution is -2.36. The lowest BCUT2D eigenvalue weighted by molar-refractivity contribution is 0.198. The van der Waals surface area contributed by atoms with Gasteiger partial charge in [-0.2, -0.15) is 0 Å². The molecule has 2 N–H and O–H groups in total. The van der Waals surface area contributed by atoms with Crippen LogP contribution in [-0.2, 0) is 0 Å². The number of nitrogens with two attached hydrogens (primary N) is 1. The fourth-order valence-corrected chi connectivity index (χ4v) is 3.18. The number of benzene rings is 1. The maximum atomic E-state index is 6.31. The Kier molecular flexibility index (Phi) is 4.14. The summed E-state index contributed by atoms with van der Waals surface area (Å²) < 4.78 is 1.06. The molecule has 17 heavy (non-hydrogen) atoms. The summed E-state index contributed by atoms with van der Waals surface area (Å²) in [5.41, 5.74) is 7.38. The second kappa shape index (κ2) is 5.27. The second-order valence-corrected chi connectivity index (χ2v) is 6.22. The van der Waals surface area contributed by atoms with Crippen molar-refractivity contribution in [3.8, 4) is 0 Å². The van der Waals surface area contributed by atoms with Crippen LogP contribution in [0.4, 0.5) is 0 Å². The van der Waals surface area contributed by atoms with Crippen LogP contribution in [0.2, 0.25) is 5.02 Å². The molecule has 0 aliphatic carbocycles. The van der Waals surface area contributed by atoms with Gasteiger partial charge >= 0.3 is 0 Å². The van der Waals surface area contributed by atoms with Gasteiger partial charge in [-0.25, -0.2) is 0 Å². The molecule has 0 bridgehead atoms. The van der Waals surface area contributed by atoms with Gasteiger partial charge in [0, 0.05) is 28.1 Å². The first-order valence-corrected chi connectivity index (χ1v) is 7.14. The molecule has 0 amide bonds. The summed E-state index contributed by atoms with van der Waals surface area (Å²) in [5, 5.41) is 0.807. The summed E-state index contributed by atoms with van der Waals surface area (Å²) in [6, 6.07) is 6.89. The molecule has 1 heterocycles. The van der Waals surface area contributed by atoms with Crippen molar-refractivity contribution in [3.05, 3.63) is 33.3 Å². The first-order chi connectivity index (χ1) is 8.00. The topological polar surface area (TPSA) is 29.3 Å². The van der Waals surface area contributed by atoms with Crippen molar-refractivity contribution in [2.24, 2.45) is 5.73 Å². The Bertz CT molecular complexity index is 408. The SMILES string of the molecule is CC(C)N1CCC(N)C1c1cc(Br)ccc1Cl. The first-order valence-electron chi connectivity index (χ1n) is 5.97. The Morgan fingerprint density at radius 1 is 1.47 bits per heavy atom. The van der Waals surface area contributed by atoms with Crippen LogP contribution < -0.4 is 5.73 Å². The number of likely N-dealkylation sites (tertiary alicyclic amines) is 1. The highest BCUT2D eigenvalue weighted by Crippen LogP contribution is 2.37. The highest BCUT2D eigenvalue weighted by molar-refractivity contribution is 9.10. The van der Waals surface area contributed by atoms with Crippen LogP contribution in [0.3, 0.4) is 0 Å². The number of hydrogen-bond donors (Lipinski definition) is 1.